The fraction of sp³-hybridized carbons (Fsp3) is 0.385. The van der Waals surface area contributed by atoms with Crippen molar-refractivity contribution < 1.29 is 24.2 Å². The van der Waals surface area contributed by atoms with Gasteiger partial charge in [0.25, 0.3) is 5.91 Å². The summed E-state index contributed by atoms with van der Waals surface area (Å²) in [6, 6.07) is 6.99. The number of amides is 1. The van der Waals surface area contributed by atoms with E-state index in [1.807, 2.05) is 6.92 Å². The third kappa shape index (κ3) is 4.97. The molecule has 0 radical (unpaired) electrons. The van der Waals surface area contributed by atoms with Crippen LogP contribution >= 0.6 is 0 Å². The summed E-state index contributed by atoms with van der Waals surface area (Å²) < 4.78 is 10.2. The Morgan fingerprint density at radius 2 is 2.05 bits per heavy atom. The van der Waals surface area contributed by atoms with Crippen LogP contribution in [0.3, 0.4) is 0 Å². The minimum atomic E-state index is -1.11. The molecule has 0 unspecified atom stereocenters. The number of hydrogen-bond acceptors (Lipinski definition) is 4. The van der Waals surface area contributed by atoms with Crippen LogP contribution in [0.2, 0.25) is 0 Å². The normalized spacial score (nSPS) is 11.7. The predicted molar refractivity (Wildman–Crippen MR) is 69.3 cm³/mol. The highest BCUT2D eigenvalue weighted by Gasteiger charge is 2.14. The Balaban J connectivity index is 2.55. The van der Waals surface area contributed by atoms with Gasteiger partial charge in [-0.15, -0.1) is 0 Å². The van der Waals surface area contributed by atoms with Gasteiger partial charge in [0.2, 0.25) is 0 Å². The van der Waals surface area contributed by atoms with Crippen LogP contribution in [-0.4, -0.2) is 36.3 Å². The minimum absolute atomic E-state index is 0.325. The van der Waals surface area contributed by atoms with Crippen molar-refractivity contribution in [1.29, 1.82) is 0 Å². The zero-order chi connectivity index (χ0) is 14.3. The molecule has 0 spiro atoms. The zero-order valence-corrected chi connectivity index (χ0v) is 10.9. The standard InChI is InChI=1S/C13H17NO5/c1-3-18-11-7-5-4-6-10(11)14-12(15)8-19-9(2)13(16)17/h4-7,9H,3,8H2,1-2H3,(H,14,15)(H,16,17)/t9-/m1/s1. The van der Waals surface area contributed by atoms with E-state index in [1.165, 1.54) is 6.92 Å². The largest absolute Gasteiger partial charge is 0.492 e. The van der Waals surface area contributed by atoms with Crippen molar-refractivity contribution in [2.45, 2.75) is 20.0 Å². The van der Waals surface area contributed by atoms with Gasteiger partial charge in [-0.1, -0.05) is 12.1 Å². The van der Waals surface area contributed by atoms with Gasteiger partial charge in [0.1, 0.15) is 12.4 Å². The molecule has 0 aliphatic carbocycles. The average Bonchev–Trinajstić information content (AvgIpc) is 2.38. The van der Waals surface area contributed by atoms with E-state index in [1.54, 1.807) is 24.3 Å². The Labute approximate surface area is 111 Å². The van der Waals surface area contributed by atoms with Gasteiger partial charge in [0.05, 0.1) is 12.3 Å². The molecule has 1 aromatic rings. The molecule has 0 aromatic heterocycles. The number of para-hydroxylation sites is 2. The van der Waals surface area contributed by atoms with E-state index in [0.29, 0.717) is 18.0 Å². The summed E-state index contributed by atoms with van der Waals surface area (Å²) in [7, 11) is 0. The lowest BCUT2D eigenvalue weighted by Crippen LogP contribution is -2.26. The van der Waals surface area contributed by atoms with Crippen LogP contribution in [0.1, 0.15) is 13.8 Å². The van der Waals surface area contributed by atoms with Crippen LogP contribution < -0.4 is 10.1 Å². The topological polar surface area (TPSA) is 84.9 Å². The molecule has 0 saturated carbocycles. The molecule has 0 aliphatic heterocycles. The van der Waals surface area contributed by atoms with E-state index >= 15 is 0 Å². The molecular formula is C13H17NO5. The molecule has 0 bridgehead atoms. The van der Waals surface area contributed by atoms with Gasteiger partial charge in [-0.25, -0.2) is 4.79 Å². The van der Waals surface area contributed by atoms with Gasteiger partial charge in [-0.3, -0.25) is 4.79 Å². The SMILES string of the molecule is CCOc1ccccc1NC(=O)CO[C@H](C)C(=O)O. The van der Waals surface area contributed by atoms with Crippen LogP contribution in [0.25, 0.3) is 0 Å². The maximum atomic E-state index is 11.6. The van der Waals surface area contributed by atoms with Crippen molar-refractivity contribution in [3.63, 3.8) is 0 Å². The zero-order valence-electron chi connectivity index (χ0n) is 10.9. The second-order valence-electron chi connectivity index (χ2n) is 3.77. The molecule has 104 valence electrons. The molecule has 1 rings (SSSR count). The molecule has 6 nitrogen and oxygen atoms in total. The summed E-state index contributed by atoms with van der Waals surface area (Å²) in [5.74, 6) is -0.979. The first-order chi connectivity index (χ1) is 9.04. The summed E-state index contributed by atoms with van der Waals surface area (Å²) >= 11 is 0. The molecule has 6 heteroatoms. The fourth-order valence-electron chi connectivity index (χ4n) is 1.31. The maximum Gasteiger partial charge on any atom is 0.332 e. The Morgan fingerprint density at radius 1 is 1.37 bits per heavy atom. The van der Waals surface area contributed by atoms with Crippen molar-refractivity contribution in [1.82, 2.24) is 0 Å². The smallest absolute Gasteiger partial charge is 0.332 e. The lowest BCUT2D eigenvalue weighted by Gasteiger charge is -2.12. The molecule has 19 heavy (non-hydrogen) atoms. The second-order valence-corrected chi connectivity index (χ2v) is 3.77. The van der Waals surface area contributed by atoms with Crippen LogP contribution in [0.15, 0.2) is 24.3 Å². The van der Waals surface area contributed by atoms with Crippen molar-refractivity contribution in [3.05, 3.63) is 24.3 Å². The first-order valence-electron chi connectivity index (χ1n) is 5.90. The monoisotopic (exact) mass is 267 g/mol. The highest BCUT2D eigenvalue weighted by molar-refractivity contribution is 5.93. The summed E-state index contributed by atoms with van der Waals surface area (Å²) in [5, 5.41) is 11.2. The summed E-state index contributed by atoms with van der Waals surface area (Å²) in [6.07, 6.45) is -1.02. The van der Waals surface area contributed by atoms with Gasteiger partial charge < -0.3 is 19.9 Å². The quantitative estimate of drug-likeness (QED) is 0.782. The third-order valence-electron chi connectivity index (χ3n) is 2.27. The fourth-order valence-corrected chi connectivity index (χ4v) is 1.31. The number of hydrogen-bond donors (Lipinski definition) is 2. The molecular weight excluding hydrogens is 250 g/mol. The first-order valence-corrected chi connectivity index (χ1v) is 5.90. The number of carboxylic acid groups (broad SMARTS) is 1. The van der Waals surface area contributed by atoms with Crippen molar-refractivity contribution >= 4 is 17.6 Å². The number of carboxylic acids is 1. The molecule has 1 aromatic carbocycles. The van der Waals surface area contributed by atoms with Gasteiger partial charge in [0, 0.05) is 0 Å². The van der Waals surface area contributed by atoms with E-state index in [0.717, 1.165) is 0 Å². The van der Waals surface area contributed by atoms with Crippen molar-refractivity contribution in [2.24, 2.45) is 0 Å². The number of ether oxygens (including phenoxy) is 2. The molecule has 0 fully saturated rings. The lowest BCUT2D eigenvalue weighted by molar-refractivity contribution is -0.150. The number of aliphatic carboxylic acids is 1. The Morgan fingerprint density at radius 3 is 2.68 bits per heavy atom. The van der Waals surface area contributed by atoms with Crippen LogP contribution in [0, 0.1) is 0 Å². The Hall–Kier alpha value is -2.08. The van der Waals surface area contributed by atoms with Gasteiger partial charge >= 0.3 is 5.97 Å². The molecule has 0 heterocycles. The molecule has 2 N–H and O–H groups in total. The Kier molecular flexibility index (Phi) is 5.81. The first kappa shape index (κ1) is 15.0. The number of anilines is 1. The number of benzene rings is 1. The second kappa shape index (κ2) is 7.38. The molecule has 0 saturated heterocycles. The van der Waals surface area contributed by atoms with E-state index < -0.39 is 18.0 Å². The number of rotatable bonds is 7. The van der Waals surface area contributed by atoms with E-state index in [-0.39, 0.29) is 6.61 Å². The Bertz CT molecular complexity index is 446. The van der Waals surface area contributed by atoms with Crippen LogP contribution in [0.4, 0.5) is 5.69 Å². The van der Waals surface area contributed by atoms with E-state index in [4.69, 9.17) is 14.6 Å². The van der Waals surface area contributed by atoms with Gasteiger partial charge in [-0.2, -0.15) is 0 Å². The van der Waals surface area contributed by atoms with Crippen molar-refractivity contribution in [2.75, 3.05) is 18.5 Å². The molecule has 1 atom stereocenters. The number of nitrogens with one attached hydrogen (secondary N) is 1. The average molecular weight is 267 g/mol. The summed E-state index contributed by atoms with van der Waals surface area (Å²) in [5.41, 5.74) is 0.529. The van der Waals surface area contributed by atoms with Crippen molar-refractivity contribution in [3.8, 4) is 5.75 Å². The summed E-state index contributed by atoms with van der Waals surface area (Å²) in [6.45, 7) is 3.37. The van der Waals surface area contributed by atoms with Gasteiger partial charge in [0.15, 0.2) is 6.10 Å². The minimum Gasteiger partial charge on any atom is -0.492 e. The van der Waals surface area contributed by atoms with E-state index in [9.17, 15) is 9.59 Å². The van der Waals surface area contributed by atoms with Gasteiger partial charge in [-0.05, 0) is 26.0 Å². The van der Waals surface area contributed by atoms with Crippen LogP contribution in [-0.2, 0) is 14.3 Å². The summed E-state index contributed by atoms with van der Waals surface area (Å²) in [4.78, 5) is 22.1. The highest BCUT2D eigenvalue weighted by Crippen LogP contribution is 2.23. The van der Waals surface area contributed by atoms with E-state index in [2.05, 4.69) is 5.32 Å². The molecule has 1 amide bonds. The maximum absolute atomic E-state index is 11.6. The lowest BCUT2D eigenvalue weighted by atomic mass is 10.3. The number of carbonyl (C=O) groups is 2. The predicted octanol–water partition coefficient (Wildman–Crippen LogP) is 1.51. The molecule has 0 aliphatic rings. The van der Waals surface area contributed by atoms with Crippen LogP contribution in [0.5, 0.6) is 5.75 Å². The number of carbonyl (C=O) groups excluding carboxylic acids is 1. The third-order valence-corrected chi connectivity index (χ3v) is 2.27. The highest BCUT2D eigenvalue weighted by atomic mass is 16.5.